The molecule has 0 amide bonds. The second-order valence-corrected chi connectivity index (χ2v) is 20.5. The van der Waals surface area contributed by atoms with Gasteiger partial charge >= 0.3 is 0 Å². The number of nitrogens with zero attached hydrogens (tertiary/aromatic N) is 6. The number of fused-ring (bicyclic) bond motifs is 12. The minimum Gasteiger partial charge on any atom is -0.306 e. The molecule has 0 fully saturated rings. The lowest BCUT2D eigenvalue weighted by Gasteiger charge is -2.31. The number of rotatable bonds is 7. The molecular formula is C72H48N6. The summed E-state index contributed by atoms with van der Waals surface area (Å²) in [6.45, 7) is 4.26. The SMILES string of the molecule is Cc1cc(-c2c(-n3c4ccccc4c4ccccc43)c(-n3c4ccccc4c4ccccc43)c(-c3cccc(-c4ccccc4)n3)c(-n3c4ccccc4c4ccccc43)c2-n2c3ccccc3c3ccccc32)cc(C)n1. The molecule has 0 N–H and O–H groups in total. The van der Waals surface area contributed by atoms with E-state index in [1.807, 2.05) is 0 Å². The van der Waals surface area contributed by atoms with E-state index in [0.717, 1.165) is 112 Å². The first kappa shape index (κ1) is 44.0. The van der Waals surface area contributed by atoms with Crippen LogP contribution < -0.4 is 0 Å². The average molecular weight is 997 g/mol. The molecule has 0 aliphatic carbocycles. The molecule has 0 spiro atoms. The molecule has 6 nitrogen and oxygen atoms in total. The quantitative estimate of drug-likeness (QED) is 0.160. The Hall–Kier alpha value is -10.3. The summed E-state index contributed by atoms with van der Waals surface area (Å²) < 4.78 is 10.3. The van der Waals surface area contributed by atoms with Gasteiger partial charge in [0.05, 0.1) is 83.8 Å². The Balaban J connectivity index is 1.30. The van der Waals surface area contributed by atoms with Crippen molar-refractivity contribution in [1.82, 2.24) is 28.2 Å². The summed E-state index contributed by atoms with van der Waals surface area (Å²) in [7, 11) is 0. The Labute approximate surface area is 449 Å². The minimum absolute atomic E-state index is 0.836. The largest absolute Gasteiger partial charge is 0.306 e. The number of pyridine rings is 2. The number of hydrogen-bond donors (Lipinski definition) is 0. The van der Waals surface area contributed by atoms with Crippen LogP contribution >= 0.6 is 0 Å². The van der Waals surface area contributed by atoms with Crippen molar-refractivity contribution in [2.24, 2.45) is 0 Å². The summed E-state index contributed by atoms with van der Waals surface area (Å²) in [6.07, 6.45) is 0. The Bertz CT molecular complexity index is 4640. The summed E-state index contributed by atoms with van der Waals surface area (Å²) in [5.41, 5.74) is 20.5. The third-order valence-corrected chi connectivity index (χ3v) is 16.1. The van der Waals surface area contributed by atoms with Crippen LogP contribution in [0.25, 0.3) is 144 Å². The molecular weight excluding hydrogens is 949 g/mol. The van der Waals surface area contributed by atoms with Gasteiger partial charge in [-0.05, 0) is 92.2 Å². The van der Waals surface area contributed by atoms with Crippen molar-refractivity contribution < 1.29 is 0 Å². The lowest BCUT2D eigenvalue weighted by Crippen LogP contribution is -2.16. The smallest absolute Gasteiger partial charge is 0.0827 e. The molecule has 16 rings (SSSR count). The second-order valence-electron chi connectivity index (χ2n) is 20.5. The second kappa shape index (κ2) is 17.1. The zero-order valence-corrected chi connectivity index (χ0v) is 42.9. The molecule has 0 unspecified atom stereocenters. The molecule has 6 heterocycles. The van der Waals surface area contributed by atoms with Crippen LogP contribution in [0.5, 0.6) is 0 Å². The van der Waals surface area contributed by atoms with Gasteiger partial charge < -0.3 is 18.3 Å². The number of aromatic nitrogens is 6. The highest BCUT2D eigenvalue weighted by Gasteiger charge is 2.36. The van der Waals surface area contributed by atoms with E-state index in [-0.39, 0.29) is 0 Å². The molecule has 0 atom stereocenters. The highest BCUT2D eigenvalue weighted by molar-refractivity contribution is 6.18. The van der Waals surface area contributed by atoms with E-state index in [0.29, 0.717) is 0 Å². The van der Waals surface area contributed by atoms with E-state index in [1.165, 1.54) is 43.1 Å². The topological polar surface area (TPSA) is 45.5 Å². The Kier molecular flexibility index (Phi) is 9.66. The summed E-state index contributed by atoms with van der Waals surface area (Å²) in [6, 6.07) is 93.2. The summed E-state index contributed by atoms with van der Waals surface area (Å²) >= 11 is 0. The number of para-hydroxylation sites is 8. The van der Waals surface area contributed by atoms with E-state index < -0.39 is 0 Å². The molecule has 16 aromatic rings. The molecule has 0 aliphatic heterocycles. The zero-order valence-electron chi connectivity index (χ0n) is 42.9. The van der Waals surface area contributed by atoms with Crippen LogP contribution in [-0.2, 0) is 0 Å². The molecule has 0 saturated carbocycles. The van der Waals surface area contributed by atoms with E-state index >= 15 is 0 Å². The summed E-state index contributed by atoms with van der Waals surface area (Å²) in [4.78, 5) is 11.1. The zero-order chi connectivity index (χ0) is 51.6. The molecule has 6 heteroatoms. The van der Waals surface area contributed by atoms with Crippen LogP contribution in [0.4, 0.5) is 0 Å². The van der Waals surface area contributed by atoms with Gasteiger partial charge in [0.2, 0.25) is 0 Å². The van der Waals surface area contributed by atoms with Gasteiger partial charge in [-0.15, -0.1) is 0 Å². The third-order valence-electron chi connectivity index (χ3n) is 16.1. The minimum atomic E-state index is 0.836. The van der Waals surface area contributed by atoms with Crippen LogP contribution in [0.3, 0.4) is 0 Å². The Morgan fingerprint density at radius 2 is 0.500 bits per heavy atom. The molecule has 6 aromatic heterocycles. The van der Waals surface area contributed by atoms with Crippen LogP contribution in [0, 0.1) is 13.8 Å². The highest BCUT2D eigenvalue weighted by Crippen LogP contribution is 2.54. The van der Waals surface area contributed by atoms with Crippen molar-refractivity contribution in [3.63, 3.8) is 0 Å². The van der Waals surface area contributed by atoms with Gasteiger partial charge in [0.1, 0.15) is 0 Å². The average Bonchev–Trinajstić information content (AvgIpc) is 4.39. The number of hydrogen-bond acceptors (Lipinski definition) is 2. The lowest BCUT2D eigenvalue weighted by molar-refractivity contribution is 1.04. The monoisotopic (exact) mass is 996 g/mol. The van der Waals surface area contributed by atoms with Crippen molar-refractivity contribution in [1.29, 1.82) is 0 Å². The van der Waals surface area contributed by atoms with Gasteiger partial charge in [-0.2, -0.15) is 0 Å². The predicted octanol–water partition coefficient (Wildman–Crippen LogP) is 18.5. The van der Waals surface area contributed by atoms with Crippen molar-refractivity contribution in [2.45, 2.75) is 13.8 Å². The van der Waals surface area contributed by atoms with Crippen LogP contribution in [-0.4, -0.2) is 28.2 Å². The molecule has 78 heavy (non-hydrogen) atoms. The van der Waals surface area contributed by atoms with Crippen molar-refractivity contribution in [3.05, 3.63) is 266 Å². The number of benzene rings is 10. The fraction of sp³-hybridized carbons (Fsp3) is 0.0278. The van der Waals surface area contributed by atoms with E-state index in [2.05, 4.69) is 287 Å². The van der Waals surface area contributed by atoms with E-state index in [1.54, 1.807) is 0 Å². The standard InChI is InChI=1S/C72H48N6/c1-45-43-48(44-46(2)73-45)67-69(75-59-35-14-6-25-49(59)50-26-7-15-36-60(50)75)71(77-63-39-18-10-29-53(63)54-30-11-19-40-64(54)77)68(58-34-22-33-57(74-58)47-23-4-3-5-24-47)72(78-65-41-20-12-31-55(65)56-32-13-21-42-66(56)78)70(67)76-61-37-16-8-27-51(61)52-28-9-17-38-62(52)76/h3-44H,1-2H3. The van der Waals surface area contributed by atoms with Gasteiger partial charge in [-0.1, -0.05) is 182 Å². The maximum atomic E-state index is 5.94. The van der Waals surface area contributed by atoms with Crippen molar-refractivity contribution in [2.75, 3.05) is 0 Å². The van der Waals surface area contributed by atoms with Gasteiger partial charge in [0, 0.05) is 65.6 Å². The van der Waals surface area contributed by atoms with E-state index in [4.69, 9.17) is 9.97 Å². The molecule has 0 radical (unpaired) electrons. The predicted molar refractivity (Wildman–Crippen MR) is 325 cm³/mol. The van der Waals surface area contributed by atoms with Crippen molar-refractivity contribution >= 4 is 87.2 Å². The first-order valence-corrected chi connectivity index (χ1v) is 26.8. The van der Waals surface area contributed by atoms with Crippen LogP contribution in [0.15, 0.2) is 255 Å². The molecule has 0 saturated heterocycles. The first-order valence-electron chi connectivity index (χ1n) is 26.8. The van der Waals surface area contributed by atoms with Gasteiger partial charge in [0.25, 0.3) is 0 Å². The molecule has 10 aromatic carbocycles. The maximum Gasteiger partial charge on any atom is 0.0827 e. The van der Waals surface area contributed by atoms with Crippen LogP contribution in [0.1, 0.15) is 11.4 Å². The third kappa shape index (κ3) is 6.38. The normalized spacial score (nSPS) is 12.0. The first-order chi connectivity index (χ1) is 38.6. The summed E-state index contributed by atoms with van der Waals surface area (Å²) in [5, 5.41) is 9.35. The summed E-state index contributed by atoms with van der Waals surface area (Å²) in [5.74, 6) is 0. The molecule has 0 bridgehead atoms. The van der Waals surface area contributed by atoms with Crippen molar-refractivity contribution in [3.8, 4) is 56.4 Å². The fourth-order valence-electron chi connectivity index (χ4n) is 13.1. The molecule has 0 aliphatic rings. The van der Waals surface area contributed by atoms with E-state index in [9.17, 15) is 0 Å². The van der Waals surface area contributed by atoms with Gasteiger partial charge in [-0.25, -0.2) is 4.98 Å². The fourth-order valence-corrected chi connectivity index (χ4v) is 13.1. The maximum absolute atomic E-state index is 5.94. The lowest BCUT2D eigenvalue weighted by atomic mass is 9.91. The van der Waals surface area contributed by atoms with Crippen LogP contribution in [0.2, 0.25) is 0 Å². The molecule has 366 valence electrons. The number of aryl methyl sites for hydroxylation is 2. The van der Waals surface area contributed by atoms with Gasteiger partial charge in [-0.3, -0.25) is 4.98 Å². The van der Waals surface area contributed by atoms with Gasteiger partial charge in [0.15, 0.2) is 0 Å². The highest BCUT2D eigenvalue weighted by atomic mass is 15.1. The Morgan fingerprint density at radius 3 is 0.821 bits per heavy atom. The Morgan fingerprint density at radius 1 is 0.231 bits per heavy atom.